The number of ether oxygens (including phenoxy) is 1. The maximum Gasteiger partial charge on any atom is 0.276 e. The van der Waals surface area contributed by atoms with Gasteiger partial charge in [-0.2, -0.15) is 9.55 Å². The zero-order valence-electron chi connectivity index (χ0n) is 24.9. The molecule has 0 bridgehead atoms. The van der Waals surface area contributed by atoms with Gasteiger partial charge in [0.2, 0.25) is 11.7 Å². The fourth-order valence-electron chi connectivity index (χ4n) is 6.49. The van der Waals surface area contributed by atoms with Gasteiger partial charge < -0.3 is 30.9 Å². The van der Waals surface area contributed by atoms with Crippen molar-refractivity contribution in [2.75, 3.05) is 12.3 Å². The molecule has 226 valence electrons. The van der Waals surface area contributed by atoms with E-state index in [0.29, 0.717) is 23.2 Å². The maximum atomic E-state index is 12.4. The summed E-state index contributed by atoms with van der Waals surface area (Å²) >= 11 is 0. The van der Waals surface area contributed by atoms with E-state index >= 15 is 0 Å². The highest BCUT2D eigenvalue weighted by atomic mass is 16.6. The largest absolute Gasteiger partial charge is 0.710 e. The molecular formula is C30H42N8O4. The number of hydrogen-bond acceptors (Lipinski definition) is 9. The van der Waals surface area contributed by atoms with Crippen molar-refractivity contribution in [3.8, 4) is 0 Å². The number of H-pyrrole nitrogens is 1. The van der Waals surface area contributed by atoms with E-state index in [1.54, 1.807) is 0 Å². The van der Waals surface area contributed by atoms with Gasteiger partial charge in [0, 0.05) is 25.0 Å². The van der Waals surface area contributed by atoms with Crippen molar-refractivity contribution in [3.63, 3.8) is 0 Å². The minimum absolute atomic E-state index is 0.0406. The molecule has 1 aliphatic carbocycles. The molecule has 1 aromatic carbocycles. The lowest BCUT2D eigenvalue weighted by Crippen LogP contribution is -2.52. The number of aryl methyl sites for hydroxylation is 1. The van der Waals surface area contributed by atoms with Crippen molar-refractivity contribution in [3.05, 3.63) is 47.4 Å². The Morgan fingerprint density at radius 3 is 2.69 bits per heavy atom. The summed E-state index contributed by atoms with van der Waals surface area (Å²) in [5.74, 6) is 1.68. The number of aromatic nitrogens is 6. The molecule has 1 aliphatic heterocycles. The van der Waals surface area contributed by atoms with E-state index < -0.39 is 24.5 Å². The lowest BCUT2D eigenvalue weighted by molar-refractivity contribution is -0.578. The number of hydrogen-bond donors (Lipinski definition) is 4. The van der Waals surface area contributed by atoms with Crippen LogP contribution in [0.4, 0.5) is 5.82 Å². The van der Waals surface area contributed by atoms with Gasteiger partial charge in [0.25, 0.3) is 12.0 Å². The zero-order chi connectivity index (χ0) is 29.9. The summed E-state index contributed by atoms with van der Waals surface area (Å²) in [5.41, 5.74) is 9.70. The van der Waals surface area contributed by atoms with Gasteiger partial charge in [-0.15, -0.1) is 0 Å². The van der Waals surface area contributed by atoms with Crippen molar-refractivity contribution in [2.24, 2.45) is 5.92 Å². The van der Waals surface area contributed by atoms with E-state index in [9.17, 15) is 15.4 Å². The third-order valence-corrected chi connectivity index (χ3v) is 9.06. The van der Waals surface area contributed by atoms with Crippen LogP contribution >= 0.6 is 0 Å². The van der Waals surface area contributed by atoms with Gasteiger partial charge in [0.15, 0.2) is 5.82 Å². The minimum Gasteiger partial charge on any atom is -0.710 e. The minimum atomic E-state index is -1.23. The molecule has 2 aliphatic rings. The first kappa shape index (κ1) is 28.8. The predicted molar refractivity (Wildman–Crippen MR) is 158 cm³/mol. The third-order valence-electron chi connectivity index (χ3n) is 9.06. The van der Waals surface area contributed by atoms with Crippen molar-refractivity contribution in [2.45, 2.75) is 102 Å². The average molecular weight is 579 g/mol. The predicted octanol–water partition coefficient (Wildman–Crippen LogP) is 2.56. The summed E-state index contributed by atoms with van der Waals surface area (Å²) in [4.78, 5) is 18.8. The Morgan fingerprint density at radius 2 is 1.98 bits per heavy atom. The Balaban J connectivity index is 1.07. The van der Waals surface area contributed by atoms with Crippen LogP contribution in [-0.4, -0.2) is 76.6 Å². The molecule has 5 N–H and O–H groups in total. The fraction of sp³-hybridized carbons (Fsp3) is 0.600. The Hall–Kier alpha value is -3.32. The molecule has 2 fully saturated rings. The van der Waals surface area contributed by atoms with E-state index in [-0.39, 0.29) is 28.4 Å². The van der Waals surface area contributed by atoms with Crippen LogP contribution in [0.5, 0.6) is 0 Å². The van der Waals surface area contributed by atoms with E-state index in [1.165, 1.54) is 22.8 Å². The number of nitrogens with two attached hydrogens (primary N) is 1. The van der Waals surface area contributed by atoms with Crippen LogP contribution in [0.3, 0.4) is 0 Å². The SMILES string of the molecule is CC(C)N(C[C@H]1O[C@@H](n2c[n+]([O-])c3c(N)ncnc32)[C@H](O)[C@@H]1O)[C@H]1C[C@H](CCc2nc3cc(C(C)(C)C)ccc3[nH]2)C1. The Labute approximate surface area is 245 Å². The first-order valence-corrected chi connectivity index (χ1v) is 14.9. The highest BCUT2D eigenvalue weighted by Gasteiger charge is 2.49. The molecule has 4 heterocycles. The molecule has 1 saturated heterocycles. The summed E-state index contributed by atoms with van der Waals surface area (Å²) < 4.78 is 8.16. The first-order chi connectivity index (χ1) is 19.9. The molecule has 12 heteroatoms. The van der Waals surface area contributed by atoms with Crippen LogP contribution < -0.4 is 10.5 Å². The zero-order valence-corrected chi connectivity index (χ0v) is 24.9. The van der Waals surface area contributed by atoms with Crippen LogP contribution in [0.25, 0.3) is 22.2 Å². The number of benzene rings is 1. The number of rotatable bonds is 8. The van der Waals surface area contributed by atoms with Crippen molar-refractivity contribution in [1.82, 2.24) is 29.4 Å². The molecule has 12 nitrogen and oxygen atoms in total. The topological polar surface area (TPSA) is 165 Å². The van der Waals surface area contributed by atoms with Crippen LogP contribution in [0.15, 0.2) is 30.9 Å². The van der Waals surface area contributed by atoms with E-state index in [0.717, 1.165) is 42.5 Å². The molecule has 1 saturated carbocycles. The quantitative estimate of drug-likeness (QED) is 0.182. The normalized spacial score (nSPS) is 26.6. The Morgan fingerprint density at radius 1 is 1.21 bits per heavy atom. The van der Waals surface area contributed by atoms with Gasteiger partial charge >= 0.3 is 0 Å². The molecule has 4 aromatic rings. The van der Waals surface area contributed by atoms with Crippen LogP contribution in [0.2, 0.25) is 0 Å². The third kappa shape index (κ3) is 5.21. The molecule has 0 unspecified atom stereocenters. The van der Waals surface area contributed by atoms with Gasteiger partial charge in [0.05, 0.1) is 11.0 Å². The molecule has 3 aromatic heterocycles. The van der Waals surface area contributed by atoms with Crippen LogP contribution in [0, 0.1) is 11.1 Å². The molecule has 0 amide bonds. The van der Waals surface area contributed by atoms with Crippen LogP contribution in [-0.2, 0) is 16.6 Å². The molecule has 0 radical (unpaired) electrons. The second kappa shape index (κ2) is 10.7. The first-order valence-electron chi connectivity index (χ1n) is 14.9. The standard InChI is InChI=1S/C30H42N8O4/c1-16(2)36(13-22-25(39)26(40)29(42-22)37-15-38(41)24-27(31)32-14-33-28(24)37)19-10-17(11-19)6-9-23-34-20-8-7-18(30(3,4)5)12-21(20)35-23/h7-8,12,14-17,19,22,25-26,29,39-40H,6,9-11,13H2,1-5H3,(H,34,35)(H2,31,32,33)/t17-,19-,22-,25-,26-,29-/m1/s1. The average Bonchev–Trinajstić information content (AvgIpc) is 3.55. The highest BCUT2D eigenvalue weighted by Crippen LogP contribution is 2.38. The van der Waals surface area contributed by atoms with Gasteiger partial charge in [-0.1, -0.05) is 26.8 Å². The second-order valence-corrected chi connectivity index (χ2v) is 13.3. The van der Waals surface area contributed by atoms with Gasteiger partial charge in [-0.3, -0.25) is 4.90 Å². The number of imidazole rings is 2. The van der Waals surface area contributed by atoms with Crippen molar-refractivity contribution in [1.29, 1.82) is 0 Å². The van der Waals surface area contributed by atoms with Crippen molar-refractivity contribution < 1.29 is 19.7 Å². The van der Waals surface area contributed by atoms with E-state index in [4.69, 9.17) is 15.5 Å². The smallest absolute Gasteiger partial charge is 0.276 e. The summed E-state index contributed by atoms with van der Waals surface area (Å²) in [6, 6.07) is 7.11. The molecule has 6 rings (SSSR count). The highest BCUT2D eigenvalue weighted by molar-refractivity contribution is 5.78. The molecule has 4 atom stereocenters. The number of anilines is 1. The van der Waals surface area contributed by atoms with Gasteiger partial charge in [0.1, 0.15) is 30.5 Å². The summed E-state index contributed by atoms with van der Waals surface area (Å²) in [7, 11) is 0. The van der Waals surface area contributed by atoms with Crippen molar-refractivity contribution >= 4 is 28.0 Å². The molecule has 42 heavy (non-hydrogen) atoms. The van der Waals surface area contributed by atoms with Gasteiger partial charge in [-0.25, -0.2) is 14.7 Å². The number of aromatic amines is 1. The monoisotopic (exact) mass is 578 g/mol. The fourth-order valence-corrected chi connectivity index (χ4v) is 6.49. The number of aliphatic hydroxyl groups is 2. The Bertz CT molecular complexity index is 1570. The maximum absolute atomic E-state index is 12.4. The summed E-state index contributed by atoms with van der Waals surface area (Å²) in [5, 5.41) is 34.3. The molecule has 0 spiro atoms. The number of nitrogens with one attached hydrogen (secondary N) is 1. The number of nitrogen functional groups attached to an aromatic ring is 1. The summed E-state index contributed by atoms with van der Waals surface area (Å²) in [6.07, 6.45) is 2.65. The van der Waals surface area contributed by atoms with Gasteiger partial charge in [-0.05, 0) is 62.1 Å². The Kier molecular flexibility index (Phi) is 7.37. The second-order valence-electron chi connectivity index (χ2n) is 13.3. The number of aliphatic hydroxyl groups excluding tert-OH is 2. The molecular weight excluding hydrogens is 536 g/mol. The summed E-state index contributed by atoms with van der Waals surface area (Å²) in [6.45, 7) is 11.4. The lowest BCUT2D eigenvalue weighted by atomic mass is 9.76. The van der Waals surface area contributed by atoms with E-state index in [1.807, 2.05) is 0 Å². The van der Waals surface area contributed by atoms with E-state index in [2.05, 4.69) is 72.7 Å². The lowest BCUT2D eigenvalue weighted by Gasteiger charge is -2.46. The number of fused-ring (bicyclic) bond motifs is 2. The number of nitrogens with zero attached hydrogens (tertiary/aromatic N) is 6. The van der Waals surface area contributed by atoms with Crippen LogP contribution in [0.1, 0.15) is 71.5 Å².